The number of likely N-dealkylation sites (tertiary alicyclic amines) is 1. The normalized spacial score (nSPS) is 14.7. The molecule has 2 aromatic carbocycles. The summed E-state index contributed by atoms with van der Waals surface area (Å²) in [7, 11) is 0. The van der Waals surface area contributed by atoms with Crippen LogP contribution in [0, 0.1) is 12.8 Å². The number of nitrogens with zero attached hydrogens (tertiary/aromatic N) is 1. The fourth-order valence-electron chi connectivity index (χ4n) is 3.32. The highest BCUT2D eigenvalue weighted by Crippen LogP contribution is 2.23. The number of carbonyl (C=O) groups excluding carboxylic acids is 3. The molecule has 2 amide bonds. The van der Waals surface area contributed by atoms with Crippen LogP contribution in [0.4, 0.5) is 10.5 Å². The van der Waals surface area contributed by atoms with Crippen LogP contribution in [0.25, 0.3) is 0 Å². The van der Waals surface area contributed by atoms with Gasteiger partial charge in [0.05, 0.1) is 0 Å². The smallest absolute Gasteiger partial charge is 0.321 e. The number of ketones is 2. The molecule has 0 bridgehead atoms. The number of piperidine rings is 1. The predicted molar refractivity (Wildman–Crippen MR) is 105 cm³/mol. The molecule has 1 fully saturated rings. The third kappa shape index (κ3) is 4.61. The van der Waals surface area contributed by atoms with Crippen LogP contribution in [0.3, 0.4) is 0 Å². The van der Waals surface area contributed by atoms with Crippen molar-refractivity contribution in [3.05, 3.63) is 65.2 Å². The van der Waals surface area contributed by atoms with Gasteiger partial charge >= 0.3 is 6.03 Å². The summed E-state index contributed by atoms with van der Waals surface area (Å²) in [5.41, 5.74) is 3.04. The lowest BCUT2D eigenvalue weighted by atomic mass is 9.89. The summed E-state index contributed by atoms with van der Waals surface area (Å²) < 4.78 is 0. The number of nitrogens with one attached hydrogen (secondary N) is 1. The summed E-state index contributed by atoms with van der Waals surface area (Å²) in [5, 5.41) is 2.84. The second kappa shape index (κ2) is 8.16. The molecule has 0 unspecified atom stereocenters. The maximum absolute atomic E-state index is 12.6. The Labute approximate surface area is 159 Å². The third-order valence-corrected chi connectivity index (χ3v) is 5.01. The second-order valence-corrected chi connectivity index (χ2v) is 7.06. The van der Waals surface area contributed by atoms with Crippen LogP contribution in [0.5, 0.6) is 0 Å². The lowest BCUT2D eigenvalue weighted by Crippen LogP contribution is -2.42. The number of hydrogen-bond acceptors (Lipinski definition) is 3. The van der Waals surface area contributed by atoms with E-state index in [1.54, 1.807) is 29.2 Å². The zero-order chi connectivity index (χ0) is 19.4. The zero-order valence-corrected chi connectivity index (χ0v) is 15.7. The van der Waals surface area contributed by atoms with E-state index in [0.29, 0.717) is 37.2 Å². The van der Waals surface area contributed by atoms with Crippen molar-refractivity contribution in [3.8, 4) is 0 Å². The average molecular weight is 364 g/mol. The average Bonchev–Trinajstić information content (AvgIpc) is 2.68. The number of urea groups is 1. The van der Waals surface area contributed by atoms with Crippen LogP contribution in [-0.4, -0.2) is 35.6 Å². The molecule has 27 heavy (non-hydrogen) atoms. The predicted octanol–water partition coefficient (Wildman–Crippen LogP) is 4.32. The molecule has 1 aliphatic rings. The van der Waals surface area contributed by atoms with Crippen molar-refractivity contribution < 1.29 is 14.4 Å². The summed E-state index contributed by atoms with van der Waals surface area (Å²) in [5.74, 6) is 0.0727. The Bertz CT molecular complexity index is 850. The van der Waals surface area contributed by atoms with Gasteiger partial charge in [-0.15, -0.1) is 0 Å². The van der Waals surface area contributed by atoms with Gasteiger partial charge in [-0.1, -0.05) is 42.0 Å². The first-order chi connectivity index (χ1) is 12.9. The minimum atomic E-state index is -0.197. The SMILES string of the molecule is CC(=O)c1cccc(NC(=O)N2CCC(C(=O)c3ccc(C)cc3)CC2)c1. The van der Waals surface area contributed by atoms with Crippen LogP contribution >= 0.6 is 0 Å². The van der Waals surface area contributed by atoms with Gasteiger partial charge in [-0.05, 0) is 38.8 Å². The van der Waals surface area contributed by atoms with Gasteiger partial charge in [0.2, 0.25) is 0 Å². The number of Topliss-reactive ketones (excluding diaryl/α,β-unsaturated/α-hetero) is 2. The van der Waals surface area contributed by atoms with Crippen molar-refractivity contribution >= 4 is 23.3 Å². The van der Waals surface area contributed by atoms with E-state index in [1.165, 1.54) is 6.92 Å². The maximum atomic E-state index is 12.6. The van der Waals surface area contributed by atoms with Gasteiger partial charge in [-0.25, -0.2) is 4.79 Å². The number of anilines is 1. The monoisotopic (exact) mass is 364 g/mol. The number of rotatable bonds is 4. The molecule has 5 nitrogen and oxygen atoms in total. The van der Waals surface area contributed by atoms with Crippen LogP contribution < -0.4 is 5.32 Å². The van der Waals surface area contributed by atoms with Crippen molar-refractivity contribution in [3.63, 3.8) is 0 Å². The molecule has 3 rings (SSSR count). The molecular weight excluding hydrogens is 340 g/mol. The Morgan fingerprint density at radius 3 is 2.26 bits per heavy atom. The first-order valence-electron chi connectivity index (χ1n) is 9.22. The minimum Gasteiger partial charge on any atom is -0.324 e. The van der Waals surface area contributed by atoms with Crippen molar-refractivity contribution in [1.29, 1.82) is 0 Å². The number of aryl methyl sites for hydroxylation is 1. The maximum Gasteiger partial charge on any atom is 0.321 e. The summed E-state index contributed by atoms with van der Waals surface area (Å²) in [6, 6.07) is 14.4. The van der Waals surface area contributed by atoms with Crippen LogP contribution in [0.15, 0.2) is 48.5 Å². The molecule has 0 aliphatic carbocycles. The molecule has 0 saturated carbocycles. The van der Waals surface area contributed by atoms with Gasteiger partial charge in [0.25, 0.3) is 0 Å². The van der Waals surface area contributed by atoms with E-state index in [4.69, 9.17) is 0 Å². The molecule has 0 atom stereocenters. The zero-order valence-electron chi connectivity index (χ0n) is 15.7. The molecule has 5 heteroatoms. The second-order valence-electron chi connectivity index (χ2n) is 7.06. The highest BCUT2D eigenvalue weighted by Gasteiger charge is 2.28. The van der Waals surface area contributed by atoms with E-state index in [9.17, 15) is 14.4 Å². The molecule has 1 heterocycles. The van der Waals surface area contributed by atoms with E-state index in [-0.39, 0.29) is 23.5 Å². The van der Waals surface area contributed by atoms with Crippen molar-refractivity contribution in [2.75, 3.05) is 18.4 Å². The van der Waals surface area contributed by atoms with Crippen molar-refractivity contribution in [2.24, 2.45) is 5.92 Å². The van der Waals surface area contributed by atoms with Gasteiger partial charge in [-0.3, -0.25) is 9.59 Å². The summed E-state index contributed by atoms with van der Waals surface area (Å²) in [6.07, 6.45) is 1.32. The largest absolute Gasteiger partial charge is 0.324 e. The van der Waals surface area contributed by atoms with E-state index in [0.717, 1.165) is 11.1 Å². The number of hydrogen-bond donors (Lipinski definition) is 1. The molecule has 1 N–H and O–H groups in total. The van der Waals surface area contributed by atoms with Crippen LogP contribution in [0.1, 0.15) is 46.0 Å². The highest BCUT2D eigenvalue weighted by atomic mass is 16.2. The molecule has 2 aromatic rings. The first kappa shape index (κ1) is 18.8. The summed E-state index contributed by atoms with van der Waals surface area (Å²) in [6.45, 7) is 4.58. The Morgan fingerprint density at radius 2 is 1.63 bits per heavy atom. The number of amides is 2. The quantitative estimate of drug-likeness (QED) is 0.822. The Hall–Kier alpha value is -2.95. The fourth-order valence-corrected chi connectivity index (χ4v) is 3.32. The van der Waals surface area contributed by atoms with Crippen molar-refractivity contribution in [2.45, 2.75) is 26.7 Å². The lowest BCUT2D eigenvalue weighted by Gasteiger charge is -2.31. The minimum absolute atomic E-state index is 0.0402. The molecule has 1 aliphatic heterocycles. The van der Waals surface area contributed by atoms with Gasteiger partial charge < -0.3 is 10.2 Å². The summed E-state index contributed by atoms with van der Waals surface area (Å²) >= 11 is 0. The fraction of sp³-hybridized carbons (Fsp3) is 0.318. The van der Waals surface area contributed by atoms with Crippen molar-refractivity contribution in [1.82, 2.24) is 4.90 Å². The number of carbonyl (C=O) groups is 3. The molecule has 0 radical (unpaired) electrons. The van der Waals surface area contributed by atoms with Gasteiger partial charge in [0, 0.05) is 35.8 Å². The van der Waals surface area contributed by atoms with Gasteiger partial charge in [0.15, 0.2) is 11.6 Å². The van der Waals surface area contributed by atoms with E-state index >= 15 is 0 Å². The Morgan fingerprint density at radius 1 is 0.963 bits per heavy atom. The number of benzene rings is 2. The first-order valence-corrected chi connectivity index (χ1v) is 9.22. The van der Waals surface area contributed by atoms with E-state index < -0.39 is 0 Å². The molecular formula is C22H24N2O3. The third-order valence-electron chi connectivity index (χ3n) is 5.01. The Balaban J connectivity index is 1.56. The van der Waals surface area contributed by atoms with E-state index in [2.05, 4.69) is 5.32 Å². The molecule has 0 aromatic heterocycles. The molecule has 0 spiro atoms. The molecule has 140 valence electrons. The Kier molecular flexibility index (Phi) is 5.69. The lowest BCUT2D eigenvalue weighted by molar-refractivity contribution is 0.0859. The topological polar surface area (TPSA) is 66.5 Å². The van der Waals surface area contributed by atoms with E-state index in [1.807, 2.05) is 31.2 Å². The van der Waals surface area contributed by atoms with Gasteiger partial charge in [0.1, 0.15) is 0 Å². The van der Waals surface area contributed by atoms with Gasteiger partial charge in [-0.2, -0.15) is 0 Å². The standard InChI is InChI=1S/C22H24N2O3/c1-15-6-8-17(9-7-15)21(26)18-10-12-24(13-11-18)22(27)23-20-5-3-4-19(14-20)16(2)25/h3-9,14,18H,10-13H2,1-2H3,(H,23,27). The van der Waals surface area contributed by atoms with Crippen LogP contribution in [0.2, 0.25) is 0 Å². The highest BCUT2D eigenvalue weighted by molar-refractivity contribution is 5.98. The molecule has 1 saturated heterocycles. The van der Waals surface area contributed by atoms with Crippen LogP contribution in [-0.2, 0) is 0 Å². The summed E-state index contributed by atoms with van der Waals surface area (Å²) in [4.78, 5) is 38.3.